The lowest BCUT2D eigenvalue weighted by atomic mass is 10.2. The molecule has 2 N–H and O–H groups in total. The average Bonchev–Trinajstić information content (AvgIpc) is 2.71. The van der Waals surface area contributed by atoms with E-state index in [4.69, 9.17) is 15.3 Å². The highest BCUT2D eigenvalue weighted by molar-refractivity contribution is 5.97. The Balaban J connectivity index is 2.32. The molecule has 0 bridgehead atoms. The van der Waals surface area contributed by atoms with Crippen molar-refractivity contribution in [2.75, 3.05) is 30.5 Å². The largest absolute Gasteiger partial charge is 0.496 e. The molecule has 0 unspecified atom stereocenters. The number of amides is 1. The molecule has 1 amide bonds. The van der Waals surface area contributed by atoms with E-state index in [1.165, 1.54) is 13.2 Å². The molecule has 0 saturated carbocycles. The summed E-state index contributed by atoms with van der Waals surface area (Å²) in [5.74, 6) is -0.831. The van der Waals surface area contributed by atoms with Gasteiger partial charge in [0.15, 0.2) is 0 Å². The van der Waals surface area contributed by atoms with Crippen LogP contribution in [-0.4, -0.2) is 41.0 Å². The van der Waals surface area contributed by atoms with Crippen LogP contribution in [0.1, 0.15) is 10.4 Å². The van der Waals surface area contributed by atoms with Crippen molar-refractivity contribution in [2.45, 2.75) is 0 Å². The maximum Gasteiger partial charge on any atom is 0.355 e. The van der Waals surface area contributed by atoms with Crippen LogP contribution in [0.2, 0.25) is 0 Å². The second kappa shape index (κ2) is 9.30. The average molecular weight is 382 g/mol. The minimum Gasteiger partial charge on any atom is -0.496 e. The first-order chi connectivity index (χ1) is 13.5. The summed E-state index contributed by atoms with van der Waals surface area (Å²) in [5, 5.41) is 29.3. The molecule has 0 spiro atoms. The van der Waals surface area contributed by atoms with Crippen LogP contribution in [-0.2, 0) is 0 Å². The van der Waals surface area contributed by atoms with Gasteiger partial charge in [-0.2, -0.15) is 10.5 Å². The highest BCUT2D eigenvalue weighted by Gasteiger charge is 2.27. The van der Waals surface area contributed by atoms with Crippen LogP contribution in [0, 0.1) is 32.8 Å². The van der Waals surface area contributed by atoms with Gasteiger partial charge in [0.1, 0.15) is 25.2 Å². The Morgan fingerprint density at radius 3 is 2.57 bits per heavy atom. The number of benzene rings is 1. The molecule has 0 aliphatic heterocycles. The molecular weight excluding hydrogens is 368 g/mol. The highest BCUT2D eigenvalue weighted by atomic mass is 16.6. The van der Waals surface area contributed by atoms with E-state index in [9.17, 15) is 14.9 Å². The topological polar surface area (TPSA) is 170 Å². The number of carbonyl (C=O) groups excluding carboxylic acids is 1. The molecule has 0 aliphatic rings. The predicted octanol–water partition coefficient (Wildman–Crippen LogP) is 1.00. The van der Waals surface area contributed by atoms with Crippen LogP contribution in [0.15, 0.2) is 30.6 Å². The molecular formula is C16H14N8O4. The van der Waals surface area contributed by atoms with E-state index in [0.29, 0.717) is 5.75 Å². The second-order valence-corrected chi connectivity index (χ2v) is 5.10. The number of methoxy groups -OCH3 is 1. The van der Waals surface area contributed by atoms with Crippen LogP contribution in [0.4, 0.5) is 17.3 Å². The number of nitriles is 2. The van der Waals surface area contributed by atoms with E-state index >= 15 is 0 Å². The Hall–Kier alpha value is -4.45. The summed E-state index contributed by atoms with van der Waals surface area (Å²) in [5.41, 5.74) is 4.30. The molecule has 0 fully saturated rings. The normalized spacial score (nSPS) is 9.54. The molecule has 0 atom stereocenters. The maximum absolute atomic E-state index is 12.3. The van der Waals surface area contributed by atoms with Gasteiger partial charge >= 0.3 is 5.69 Å². The van der Waals surface area contributed by atoms with E-state index in [1.54, 1.807) is 18.2 Å². The van der Waals surface area contributed by atoms with Gasteiger partial charge in [0.2, 0.25) is 11.6 Å². The zero-order valence-electron chi connectivity index (χ0n) is 14.6. The van der Waals surface area contributed by atoms with Gasteiger partial charge in [-0.25, -0.2) is 9.97 Å². The first-order valence-corrected chi connectivity index (χ1v) is 7.71. The fourth-order valence-electron chi connectivity index (χ4n) is 2.25. The number of hydrogen-bond donors (Lipinski definition) is 2. The van der Waals surface area contributed by atoms with Crippen molar-refractivity contribution in [1.29, 1.82) is 10.5 Å². The molecule has 28 heavy (non-hydrogen) atoms. The minimum absolute atomic E-state index is 0.199. The third kappa shape index (κ3) is 4.39. The van der Waals surface area contributed by atoms with Crippen LogP contribution in [0.3, 0.4) is 0 Å². The lowest BCUT2D eigenvalue weighted by molar-refractivity contribution is -0.383. The summed E-state index contributed by atoms with van der Waals surface area (Å²) in [6.07, 6.45) is 1.02. The molecule has 2 rings (SSSR count). The molecule has 0 saturated heterocycles. The van der Waals surface area contributed by atoms with Crippen molar-refractivity contribution in [3.63, 3.8) is 0 Å². The van der Waals surface area contributed by atoms with E-state index in [-0.39, 0.29) is 30.3 Å². The Labute approximate surface area is 159 Å². The number of aromatic nitrogens is 2. The number of nitro groups is 1. The van der Waals surface area contributed by atoms with Gasteiger partial charge < -0.3 is 9.64 Å². The number of hydrogen-bond acceptors (Lipinski definition) is 10. The first-order valence-electron chi connectivity index (χ1n) is 7.71. The third-order valence-electron chi connectivity index (χ3n) is 3.45. The van der Waals surface area contributed by atoms with Crippen molar-refractivity contribution in [3.8, 4) is 17.9 Å². The summed E-state index contributed by atoms with van der Waals surface area (Å²) in [7, 11) is 1.40. The number of hydrazine groups is 1. The molecule has 0 radical (unpaired) electrons. The zero-order chi connectivity index (χ0) is 20.5. The minimum atomic E-state index is -0.769. The van der Waals surface area contributed by atoms with Gasteiger partial charge in [0.25, 0.3) is 5.91 Å². The maximum atomic E-state index is 12.3. The zero-order valence-corrected chi connectivity index (χ0v) is 14.6. The molecule has 2 aromatic rings. The highest BCUT2D eigenvalue weighted by Crippen LogP contribution is 2.31. The number of nitrogens with zero attached hydrogens (tertiary/aromatic N) is 6. The Morgan fingerprint density at radius 1 is 1.29 bits per heavy atom. The lowest BCUT2D eigenvalue weighted by Crippen LogP contribution is -2.31. The van der Waals surface area contributed by atoms with Crippen LogP contribution in [0.25, 0.3) is 0 Å². The SMILES string of the molecule is COc1ccccc1C(=O)NNc1ncnc(N(CC#N)CC#N)c1[N+](=O)[O-]. The van der Waals surface area contributed by atoms with Crippen molar-refractivity contribution in [3.05, 3.63) is 46.3 Å². The van der Waals surface area contributed by atoms with Gasteiger partial charge in [-0.1, -0.05) is 12.1 Å². The second-order valence-electron chi connectivity index (χ2n) is 5.10. The summed E-state index contributed by atoms with van der Waals surface area (Å²) in [6.45, 7) is -0.586. The number of carbonyl (C=O) groups is 1. The number of rotatable bonds is 8. The summed E-state index contributed by atoms with van der Waals surface area (Å²) >= 11 is 0. The van der Waals surface area contributed by atoms with E-state index in [0.717, 1.165) is 11.2 Å². The van der Waals surface area contributed by atoms with Gasteiger partial charge in [-0.05, 0) is 12.1 Å². The van der Waals surface area contributed by atoms with Crippen molar-refractivity contribution >= 4 is 23.2 Å². The Bertz CT molecular complexity index is 950. The molecule has 12 nitrogen and oxygen atoms in total. The molecule has 0 aliphatic carbocycles. The lowest BCUT2D eigenvalue weighted by Gasteiger charge is -2.17. The predicted molar refractivity (Wildman–Crippen MR) is 96.2 cm³/mol. The van der Waals surface area contributed by atoms with Crippen molar-refractivity contribution in [2.24, 2.45) is 0 Å². The van der Waals surface area contributed by atoms with Crippen LogP contribution >= 0.6 is 0 Å². The van der Waals surface area contributed by atoms with Crippen LogP contribution < -0.4 is 20.5 Å². The Morgan fingerprint density at radius 2 is 1.96 bits per heavy atom. The molecule has 1 aromatic heterocycles. The van der Waals surface area contributed by atoms with Crippen LogP contribution in [0.5, 0.6) is 5.75 Å². The number of para-hydroxylation sites is 1. The fraction of sp³-hybridized carbons (Fsp3) is 0.188. The third-order valence-corrected chi connectivity index (χ3v) is 3.45. The molecule has 142 valence electrons. The smallest absolute Gasteiger partial charge is 0.355 e. The molecule has 1 heterocycles. The van der Waals surface area contributed by atoms with E-state index in [2.05, 4.69) is 20.8 Å². The Kier molecular flexibility index (Phi) is 6.60. The summed E-state index contributed by atoms with van der Waals surface area (Å²) < 4.78 is 5.09. The first kappa shape index (κ1) is 19.9. The van der Waals surface area contributed by atoms with Gasteiger partial charge in [-0.3, -0.25) is 25.8 Å². The van der Waals surface area contributed by atoms with Gasteiger partial charge in [-0.15, -0.1) is 0 Å². The van der Waals surface area contributed by atoms with Gasteiger partial charge in [0.05, 0.1) is 29.7 Å². The quantitative estimate of drug-likeness (QED) is 0.381. The molecule has 1 aromatic carbocycles. The van der Waals surface area contributed by atoms with E-state index < -0.39 is 16.5 Å². The molecule has 12 heteroatoms. The summed E-state index contributed by atoms with van der Waals surface area (Å²) in [4.78, 5) is 31.8. The summed E-state index contributed by atoms with van der Waals surface area (Å²) in [6, 6.07) is 10.0. The van der Waals surface area contributed by atoms with Crippen molar-refractivity contribution in [1.82, 2.24) is 15.4 Å². The monoisotopic (exact) mass is 382 g/mol. The van der Waals surface area contributed by atoms with E-state index in [1.807, 2.05) is 12.1 Å². The van der Waals surface area contributed by atoms with Crippen molar-refractivity contribution < 1.29 is 14.5 Å². The van der Waals surface area contributed by atoms with Gasteiger partial charge in [0, 0.05) is 0 Å². The fourth-order valence-corrected chi connectivity index (χ4v) is 2.25. The standard InChI is InChI=1S/C16H14N8O4/c1-28-12-5-3-2-4-11(12)16(25)22-21-14-13(24(26)27)15(20-10-19-14)23(8-6-17)9-7-18/h2-5,10H,8-9H2,1H3,(H,22,25)(H,19,20,21). The number of nitrogens with one attached hydrogen (secondary N) is 2. The number of ether oxygens (including phenoxy) is 1. The number of anilines is 2.